The van der Waals surface area contributed by atoms with Gasteiger partial charge in [0.05, 0.1) is 46.4 Å². The SMILES string of the molecule is COc1ccc(N2CCC[C@H]2c2nc3cc(-c4c(C)noc4C)ccc3n2C2CCCS(=O)(=O)C2)cc1Cl. The summed E-state index contributed by atoms with van der Waals surface area (Å²) in [5, 5.41) is 4.68. The van der Waals surface area contributed by atoms with Crippen LogP contribution in [0.15, 0.2) is 40.9 Å². The van der Waals surface area contributed by atoms with Crippen molar-refractivity contribution in [3.05, 3.63) is 58.7 Å². The van der Waals surface area contributed by atoms with Crippen LogP contribution in [0.4, 0.5) is 5.69 Å². The van der Waals surface area contributed by atoms with Gasteiger partial charge in [-0.25, -0.2) is 13.4 Å². The molecule has 0 spiro atoms. The number of hydrogen-bond acceptors (Lipinski definition) is 7. The van der Waals surface area contributed by atoms with Gasteiger partial charge in [-0.2, -0.15) is 0 Å². The Morgan fingerprint density at radius 1 is 1.11 bits per heavy atom. The Labute approximate surface area is 227 Å². The van der Waals surface area contributed by atoms with E-state index in [9.17, 15) is 8.42 Å². The minimum Gasteiger partial charge on any atom is -0.495 e. The van der Waals surface area contributed by atoms with Crippen LogP contribution in [0.1, 0.15) is 55.0 Å². The Morgan fingerprint density at radius 2 is 1.95 bits per heavy atom. The molecule has 0 N–H and O–H groups in total. The summed E-state index contributed by atoms with van der Waals surface area (Å²) in [6.07, 6.45) is 3.39. The lowest BCUT2D eigenvalue weighted by Crippen LogP contribution is -2.31. The Kier molecular flexibility index (Phi) is 6.39. The number of hydrogen-bond donors (Lipinski definition) is 0. The number of imidazole rings is 1. The summed E-state index contributed by atoms with van der Waals surface area (Å²) < 4.78 is 38.4. The molecule has 0 radical (unpaired) electrons. The number of ether oxygens (including phenoxy) is 1. The number of nitrogens with zero attached hydrogens (tertiary/aromatic N) is 4. The van der Waals surface area contributed by atoms with Gasteiger partial charge in [-0.3, -0.25) is 0 Å². The maximum atomic E-state index is 12.7. The Balaban J connectivity index is 1.49. The first-order chi connectivity index (χ1) is 18.3. The number of fused-ring (bicyclic) bond motifs is 1. The van der Waals surface area contributed by atoms with Crippen molar-refractivity contribution >= 4 is 38.2 Å². The molecule has 0 amide bonds. The molecule has 2 saturated heterocycles. The van der Waals surface area contributed by atoms with Gasteiger partial charge >= 0.3 is 0 Å². The summed E-state index contributed by atoms with van der Waals surface area (Å²) >= 11 is 6.49. The van der Waals surface area contributed by atoms with Crippen LogP contribution in [0.2, 0.25) is 5.02 Å². The minimum atomic E-state index is -3.11. The van der Waals surface area contributed by atoms with Crippen molar-refractivity contribution in [2.24, 2.45) is 0 Å². The maximum Gasteiger partial charge on any atom is 0.152 e. The van der Waals surface area contributed by atoms with Gasteiger partial charge < -0.3 is 18.7 Å². The molecule has 8 nitrogen and oxygen atoms in total. The van der Waals surface area contributed by atoms with E-state index in [0.717, 1.165) is 70.9 Å². The van der Waals surface area contributed by atoms with E-state index >= 15 is 0 Å². The van der Waals surface area contributed by atoms with Crippen LogP contribution in [-0.2, 0) is 9.84 Å². The van der Waals surface area contributed by atoms with E-state index in [1.54, 1.807) is 7.11 Å². The molecule has 2 aromatic heterocycles. The predicted molar refractivity (Wildman–Crippen MR) is 149 cm³/mol. The lowest BCUT2D eigenvalue weighted by atomic mass is 10.0. The van der Waals surface area contributed by atoms with Crippen molar-refractivity contribution in [3.63, 3.8) is 0 Å². The summed E-state index contributed by atoms with van der Waals surface area (Å²) in [4.78, 5) is 7.53. The summed E-state index contributed by atoms with van der Waals surface area (Å²) in [6.45, 7) is 4.71. The minimum absolute atomic E-state index is 0.000920. The van der Waals surface area contributed by atoms with E-state index in [1.807, 2.05) is 32.0 Å². The first-order valence-corrected chi connectivity index (χ1v) is 15.2. The van der Waals surface area contributed by atoms with Crippen molar-refractivity contribution in [1.29, 1.82) is 0 Å². The maximum absolute atomic E-state index is 12.7. The standard InChI is InChI=1S/C28H31ClN4O4S/c1-17-27(18(2)37-31-17)19-8-10-24-23(14-19)30-28(33(24)21-6-5-13-38(34,35)16-21)25-7-4-12-32(25)20-9-11-26(36-3)22(29)15-20/h8-11,14-15,21,25H,4-7,12-13,16H2,1-3H3/t21?,25-/m0/s1. The highest BCUT2D eigenvalue weighted by atomic mass is 35.5. The highest BCUT2D eigenvalue weighted by Gasteiger charge is 2.35. The van der Waals surface area contributed by atoms with Crippen LogP contribution < -0.4 is 9.64 Å². The zero-order chi connectivity index (χ0) is 26.6. The fourth-order valence-electron chi connectivity index (χ4n) is 6.17. The third kappa shape index (κ3) is 4.35. The van der Waals surface area contributed by atoms with Crippen molar-refractivity contribution in [2.45, 2.75) is 51.6 Å². The highest BCUT2D eigenvalue weighted by molar-refractivity contribution is 7.91. The molecule has 0 saturated carbocycles. The van der Waals surface area contributed by atoms with Crippen molar-refractivity contribution in [3.8, 4) is 16.9 Å². The molecule has 2 aliphatic heterocycles. The molecule has 200 valence electrons. The third-order valence-corrected chi connectivity index (χ3v) is 9.96. The lowest BCUT2D eigenvalue weighted by molar-refractivity contribution is 0.393. The second-order valence-electron chi connectivity index (χ2n) is 10.3. The fraction of sp³-hybridized carbons (Fsp3) is 0.429. The van der Waals surface area contributed by atoms with Crippen LogP contribution >= 0.6 is 11.6 Å². The number of rotatable bonds is 5. The summed E-state index contributed by atoms with van der Waals surface area (Å²) in [5.74, 6) is 2.69. The average Bonchev–Trinajstić information content (AvgIpc) is 3.59. The topological polar surface area (TPSA) is 90.5 Å². The van der Waals surface area contributed by atoms with Gasteiger partial charge in [0, 0.05) is 23.8 Å². The molecule has 2 aliphatic rings. The quantitative estimate of drug-likeness (QED) is 0.296. The second kappa shape index (κ2) is 9.61. The molecule has 4 aromatic rings. The highest BCUT2D eigenvalue weighted by Crippen LogP contribution is 2.42. The largest absolute Gasteiger partial charge is 0.495 e. The van der Waals surface area contributed by atoms with Gasteiger partial charge in [-0.1, -0.05) is 22.8 Å². The first-order valence-electron chi connectivity index (χ1n) is 13.0. The molecule has 38 heavy (non-hydrogen) atoms. The van der Waals surface area contributed by atoms with Gasteiger partial charge in [0.15, 0.2) is 9.84 Å². The number of benzene rings is 2. The van der Waals surface area contributed by atoms with E-state index in [4.69, 9.17) is 25.8 Å². The molecular formula is C28H31ClN4O4S. The third-order valence-electron chi connectivity index (χ3n) is 7.86. The zero-order valence-corrected chi connectivity index (χ0v) is 23.3. The molecule has 1 unspecified atom stereocenters. The van der Waals surface area contributed by atoms with Crippen molar-refractivity contribution in [1.82, 2.24) is 14.7 Å². The van der Waals surface area contributed by atoms with E-state index < -0.39 is 9.84 Å². The number of methoxy groups -OCH3 is 1. The van der Waals surface area contributed by atoms with E-state index in [0.29, 0.717) is 17.2 Å². The molecule has 6 rings (SSSR count). The van der Waals surface area contributed by atoms with E-state index in [2.05, 4.69) is 32.8 Å². The smallest absolute Gasteiger partial charge is 0.152 e. The Bertz CT molecular complexity index is 1610. The average molecular weight is 555 g/mol. The number of anilines is 1. The van der Waals surface area contributed by atoms with Gasteiger partial charge in [-0.05, 0) is 75.4 Å². The zero-order valence-electron chi connectivity index (χ0n) is 21.8. The lowest BCUT2D eigenvalue weighted by Gasteiger charge is -2.31. The molecule has 0 bridgehead atoms. The van der Waals surface area contributed by atoms with E-state index in [1.165, 1.54) is 0 Å². The molecule has 2 atom stereocenters. The van der Waals surface area contributed by atoms with Crippen molar-refractivity contribution in [2.75, 3.05) is 30.1 Å². The number of aromatic nitrogens is 3. The monoisotopic (exact) mass is 554 g/mol. The predicted octanol–water partition coefficient (Wildman–Crippen LogP) is 6.06. The van der Waals surface area contributed by atoms with Gasteiger partial charge in [0.1, 0.15) is 17.3 Å². The van der Waals surface area contributed by atoms with E-state index in [-0.39, 0.29) is 23.6 Å². The molecule has 10 heteroatoms. The summed E-state index contributed by atoms with van der Waals surface area (Å²) in [7, 11) is -1.51. The number of sulfone groups is 1. The van der Waals surface area contributed by atoms with Crippen LogP contribution in [0.25, 0.3) is 22.2 Å². The molecular weight excluding hydrogens is 524 g/mol. The summed E-state index contributed by atoms with van der Waals surface area (Å²) in [5.41, 5.74) is 5.60. The van der Waals surface area contributed by atoms with Crippen LogP contribution in [0, 0.1) is 13.8 Å². The molecule has 2 fully saturated rings. The fourth-order valence-corrected chi connectivity index (χ4v) is 8.09. The van der Waals surface area contributed by atoms with Gasteiger partial charge in [0.2, 0.25) is 0 Å². The first kappa shape index (κ1) is 25.2. The van der Waals surface area contributed by atoms with Crippen LogP contribution in [0.5, 0.6) is 5.75 Å². The second-order valence-corrected chi connectivity index (χ2v) is 13.0. The van der Waals surface area contributed by atoms with Gasteiger partial charge in [-0.15, -0.1) is 0 Å². The van der Waals surface area contributed by atoms with Crippen LogP contribution in [-0.4, -0.2) is 48.3 Å². The number of aryl methyl sites for hydroxylation is 2. The molecule has 2 aromatic carbocycles. The molecule has 4 heterocycles. The number of halogens is 1. The van der Waals surface area contributed by atoms with Crippen molar-refractivity contribution < 1.29 is 17.7 Å². The summed E-state index contributed by atoms with van der Waals surface area (Å²) in [6, 6.07) is 11.9. The van der Waals surface area contributed by atoms with Crippen LogP contribution in [0.3, 0.4) is 0 Å². The molecule has 0 aliphatic carbocycles. The Hall–Kier alpha value is -3.04. The Morgan fingerprint density at radius 3 is 2.66 bits per heavy atom. The van der Waals surface area contributed by atoms with Gasteiger partial charge in [0.25, 0.3) is 0 Å². The normalized spacial score (nSPS) is 21.3.